The molecular formula is C34H40ClN7O4. The van der Waals surface area contributed by atoms with Crippen molar-refractivity contribution in [2.45, 2.75) is 69.0 Å². The smallest absolute Gasteiger partial charge is 0.318 e. The molecule has 2 aliphatic carbocycles. The van der Waals surface area contributed by atoms with Crippen LogP contribution in [0.15, 0.2) is 54.7 Å². The first kappa shape index (κ1) is 31.6. The first-order valence-corrected chi connectivity index (χ1v) is 16.3. The number of aryl methyl sites for hydroxylation is 1. The molecule has 1 aliphatic heterocycles. The molecule has 1 aromatic heterocycles. The van der Waals surface area contributed by atoms with Crippen molar-refractivity contribution >= 4 is 41.0 Å². The van der Waals surface area contributed by atoms with Crippen LogP contribution in [0.4, 0.5) is 10.5 Å². The van der Waals surface area contributed by atoms with Crippen LogP contribution in [0, 0.1) is 5.92 Å². The molecule has 46 heavy (non-hydrogen) atoms. The summed E-state index contributed by atoms with van der Waals surface area (Å²) in [5.41, 5.74) is 2.76. The van der Waals surface area contributed by atoms with Crippen molar-refractivity contribution in [1.29, 1.82) is 0 Å². The lowest BCUT2D eigenvalue weighted by Gasteiger charge is -2.36. The molecule has 3 aliphatic rings. The van der Waals surface area contributed by atoms with Crippen molar-refractivity contribution in [2.24, 2.45) is 13.0 Å². The van der Waals surface area contributed by atoms with E-state index in [-0.39, 0.29) is 35.7 Å². The fourth-order valence-electron chi connectivity index (χ4n) is 7.33. The van der Waals surface area contributed by atoms with E-state index in [0.717, 1.165) is 48.8 Å². The quantitative estimate of drug-likeness (QED) is 0.282. The van der Waals surface area contributed by atoms with Crippen LogP contribution in [0.25, 0.3) is 0 Å². The number of likely N-dealkylation sites (N-methyl/N-ethyl adjacent to an activating group) is 1. The van der Waals surface area contributed by atoms with Crippen LogP contribution in [-0.2, 0) is 35.9 Å². The molecule has 1 saturated carbocycles. The maximum atomic E-state index is 13.8. The average Bonchev–Trinajstić information content (AvgIpc) is 3.77. The Morgan fingerprint density at radius 1 is 1.04 bits per heavy atom. The summed E-state index contributed by atoms with van der Waals surface area (Å²) >= 11 is 6.04. The van der Waals surface area contributed by atoms with E-state index < -0.39 is 11.6 Å². The molecule has 1 saturated heterocycles. The fraction of sp³-hybridized carbons (Fsp3) is 0.441. The van der Waals surface area contributed by atoms with E-state index in [1.54, 1.807) is 31.3 Å². The van der Waals surface area contributed by atoms with E-state index in [1.807, 2.05) is 42.5 Å². The number of fused-ring (bicyclic) bond motifs is 1. The Hall–Kier alpha value is -4.38. The van der Waals surface area contributed by atoms with Crippen LogP contribution in [0.1, 0.15) is 59.3 Å². The zero-order chi connectivity index (χ0) is 32.4. The summed E-state index contributed by atoms with van der Waals surface area (Å²) in [4.78, 5) is 55.4. The minimum atomic E-state index is -1.10. The second-order valence-corrected chi connectivity index (χ2v) is 13.2. The Morgan fingerprint density at radius 3 is 2.48 bits per heavy atom. The van der Waals surface area contributed by atoms with Crippen molar-refractivity contribution in [2.75, 3.05) is 18.9 Å². The third kappa shape index (κ3) is 6.33. The lowest BCUT2D eigenvalue weighted by molar-refractivity contribution is -0.130. The number of benzene rings is 2. The minimum Gasteiger partial charge on any atom is -0.357 e. The summed E-state index contributed by atoms with van der Waals surface area (Å²) in [5.74, 6) is -0.822. The van der Waals surface area contributed by atoms with Gasteiger partial charge in [0.15, 0.2) is 0 Å². The summed E-state index contributed by atoms with van der Waals surface area (Å²) in [7, 11) is 3.28. The predicted octanol–water partition coefficient (Wildman–Crippen LogP) is 3.61. The van der Waals surface area contributed by atoms with Crippen LogP contribution in [0.2, 0.25) is 5.02 Å². The van der Waals surface area contributed by atoms with Crippen LogP contribution >= 0.6 is 11.6 Å². The SMILES string of the molecule is CNC(=O)C1(N2CC(Cc3ccc(Cl)cc3)NC2=O)Cc2ccc(NC(=O)[C@@H](NC(=O)c3ccnn3C)C3CCCCC3)cc2C1. The largest absolute Gasteiger partial charge is 0.357 e. The van der Waals surface area contributed by atoms with Gasteiger partial charge in [0.25, 0.3) is 5.91 Å². The first-order chi connectivity index (χ1) is 22.2. The van der Waals surface area contributed by atoms with Crippen LogP contribution in [-0.4, -0.2) is 69.6 Å². The van der Waals surface area contributed by atoms with Crippen LogP contribution < -0.4 is 21.3 Å². The highest BCUT2D eigenvalue weighted by molar-refractivity contribution is 6.30. The van der Waals surface area contributed by atoms with Gasteiger partial charge in [0.2, 0.25) is 11.8 Å². The van der Waals surface area contributed by atoms with Gasteiger partial charge in [-0.2, -0.15) is 5.10 Å². The maximum absolute atomic E-state index is 13.8. The molecule has 0 bridgehead atoms. The summed E-state index contributed by atoms with van der Waals surface area (Å²) in [6.45, 7) is 0.381. The third-order valence-corrected chi connectivity index (χ3v) is 9.97. The van der Waals surface area contributed by atoms with Crippen LogP contribution in [0.5, 0.6) is 0 Å². The Labute approximate surface area is 273 Å². The van der Waals surface area contributed by atoms with Gasteiger partial charge in [-0.15, -0.1) is 0 Å². The number of nitrogens with zero attached hydrogens (tertiary/aromatic N) is 3. The van der Waals surface area contributed by atoms with E-state index in [9.17, 15) is 19.2 Å². The molecule has 2 aromatic carbocycles. The minimum absolute atomic E-state index is 0.0238. The summed E-state index contributed by atoms with van der Waals surface area (Å²) in [6, 6.07) is 13.7. The molecule has 2 heterocycles. The van der Waals surface area contributed by atoms with Crippen molar-refractivity contribution in [3.05, 3.63) is 82.1 Å². The van der Waals surface area contributed by atoms with E-state index in [1.165, 1.54) is 4.68 Å². The molecule has 6 rings (SSSR count). The molecular weight excluding hydrogens is 606 g/mol. The van der Waals surface area contributed by atoms with Gasteiger partial charge in [-0.1, -0.05) is 49.1 Å². The lowest BCUT2D eigenvalue weighted by Crippen LogP contribution is -2.60. The maximum Gasteiger partial charge on any atom is 0.318 e. The Bertz CT molecular complexity index is 1630. The molecule has 2 fully saturated rings. The number of amides is 5. The van der Waals surface area contributed by atoms with E-state index in [4.69, 9.17) is 11.6 Å². The van der Waals surface area contributed by atoms with E-state index >= 15 is 0 Å². The Morgan fingerprint density at radius 2 is 1.78 bits per heavy atom. The van der Waals surface area contributed by atoms with Crippen molar-refractivity contribution in [1.82, 2.24) is 30.6 Å². The summed E-state index contributed by atoms with van der Waals surface area (Å²) in [5, 5.41) is 16.6. The molecule has 11 nitrogen and oxygen atoms in total. The molecule has 242 valence electrons. The number of rotatable bonds is 9. The first-order valence-electron chi connectivity index (χ1n) is 15.9. The second kappa shape index (κ2) is 13.2. The Kier molecular flexibility index (Phi) is 9.04. The molecule has 3 aromatic rings. The Balaban J connectivity index is 1.19. The summed E-state index contributed by atoms with van der Waals surface area (Å²) in [6.07, 6.45) is 7.72. The van der Waals surface area contributed by atoms with Crippen molar-refractivity contribution in [3.8, 4) is 0 Å². The van der Waals surface area contributed by atoms with Gasteiger partial charge in [0.05, 0.1) is 6.04 Å². The number of carbonyl (C=O) groups excluding carboxylic acids is 4. The van der Waals surface area contributed by atoms with Gasteiger partial charge < -0.3 is 26.2 Å². The number of nitrogens with one attached hydrogen (secondary N) is 4. The number of anilines is 1. The summed E-state index contributed by atoms with van der Waals surface area (Å²) < 4.78 is 1.49. The zero-order valence-electron chi connectivity index (χ0n) is 26.1. The highest BCUT2D eigenvalue weighted by atomic mass is 35.5. The number of halogens is 1. The monoisotopic (exact) mass is 645 g/mol. The standard InChI is InChI=1S/C34H40ClN7O4/c1-36-32(45)34(42-20-27(39-33(42)46)16-21-8-11-25(35)12-9-21)18-23-10-13-26(17-24(23)19-34)38-31(44)29(22-6-4-3-5-7-22)40-30(43)28-14-15-37-41(28)2/h8-15,17,22,27,29H,3-7,16,18-20H2,1-2H3,(H,36,45)(H,38,44)(H,39,46)(H,40,43)/t27?,29-,34?/m0/s1. The number of aromatic nitrogens is 2. The van der Waals surface area contributed by atoms with E-state index in [0.29, 0.717) is 42.2 Å². The zero-order valence-corrected chi connectivity index (χ0v) is 26.9. The second-order valence-electron chi connectivity index (χ2n) is 12.7. The molecule has 0 radical (unpaired) electrons. The number of carbonyl (C=O) groups is 4. The van der Waals surface area contributed by atoms with Crippen molar-refractivity contribution < 1.29 is 19.2 Å². The molecule has 3 atom stereocenters. The van der Waals surface area contributed by atoms with E-state index in [2.05, 4.69) is 26.4 Å². The number of hydrogen-bond acceptors (Lipinski definition) is 5. The molecule has 2 unspecified atom stereocenters. The number of urea groups is 1. The third-order valence-electron chi connectivity index (χ3n) is 9.72. The van der Waals surface area contributed by atoms with Crippen molar-refractivity contribution in [3.63, 3.8) is 0 Å². The topological polar surface area (TPSA) is 137 Å². The van der Waals surface area contributed by atoms with Gasteiger partial charge >= 0.3 is 6.03 Å². The normalized spacial score (nSPS) is 21.8. The van der Waals surface area contributed by atoms with Gasteiger partial charge in [0, 0.05) is 50.4 Å². The molecule has 12 heteroatoms. The number of hydrogen-bond donors (Lipinski definition) is 4. The fourth-order valence-corrected chi connectivity index (χ4v) is 7.45. The van der Waals surface area contributed by atoms with Gasteiger partial charge in [-0.3, -0.25) is 19.1 Å². The highest BCUT2D eigenvalue weighted by Crippen LogP contribution is 2.38. The predicted molar refractivity (Wildman–Crippen MR) is 174 cm³/mol. The van der Waals surface area contributed by atoms with Gasteiger partial charge in [-0.25, -0.2) is 4.79 Å². The van der Waals surface area contributed by atoms with Gasteiger partial charge in [-0.05, 0) is 72.2 Å². The van der Waals surface area contributed by atoms with Crippen LogP contribution in [0.3, 0.4) is 0 Å². The molecule has 5 amide bonds. The molecule has 0 spiro atoms. The lowest BCUT2D eigenvalue weighted by atomic mass is 9.83. The molecule has 4 N–H and O–H groups in total. The highest BCUT2D eigenvalue weighted by Gasteiger charge is 2.53. The van der Waals surface area contributed by atoms with Gasteiger partial charge in [0.1, 0.15) is 17.3 Å². The average molecular weight is 646 g/mol.